The third-order valence-corrected chi connectivity index (χ3v) is 2.76. The van der Waals surface area contributed by atoms with Crippen molar-refractivity contribution >= 4 is 17.5 Å². The van der Waals surface area contributed by atoms with Gasteiger partial charge in [0.15, 0.2) is 0 Å². The average Bonchev–Trinajstić information content (AvgIpc) is 2.12. The predicted molar refractivity (Wildman–Crippen MR) is 63.7 cm³/mol. The van der Waals surface area contributed by atoms with Gasteiger partial charge in [-0.15, -0.1) is 0 Å². The Bertz CT molecular complexity index is 489. The van der Waals surface area contributed by atoms with Gasteiger partial charge in [0.1, 0.15) is 0 Å². The predicted octanol–water partition coefficient (Wildman–Crippen LogP) is 3.76. The topological polar surface area (TPSA) is 43.1 Å². The molecule has 0 fully saturated rings. The molecule has 18 heavy (non-hydrogen) atoms. The molecule has 0 atom stereocenters. The smallest absolute Gasteiger partial charge is 0.366 e. The number of hydrogen-bond donors (Lipinski definition) is 1. The van der Waals surface area contributed by atoms with E-state index in [1.54, 1.807) is 20.8 Å². The molecule has 0 aliphatic carbocycles. The van der Waals surface area contributed by atoms with E-state index >= 15 is 0 Å². The molecular formula is C12H13ClF3NO. The lowest BCUT2D eigenvalue weighted by atomic mass is 9.82. The number of primary amides is 1. The minimum Gasteiger partial charge on any atom is -0.366 e. The van der Waals surface area contributed by atoms with Gasteiger partial charge >= 0.3 is 6.18 Å². The Labute approximate surface area is 108 Å². The molecule has 1 amide bonds. The summed E-state index contributed by atoms with van der Waals surface area (Å²) in [7, 11) is 0. The largest absolute Gasteiger partial charge is 0.418 e. The van der Waals surface area contributed by atoms with Crippen molar-refractivity contribution in [1.82, 2.24) is 0 Å². The van der Waals surface area contributed by atoms with Gasteiger partial charge in [-0.1, -0.05) is 32.4 Å². The first-order valence-electron chi connectivity index (χ1n) is 5.15. The fourth-order valence-corrected chi connectivity index (χ4v) is 1.96. The van der Waals surface area contributed by atoms with Crippen LogP contribution in [0.4, 0.5) is 13.2 Å². The monoisotopic (exact) mass is 279 g/mol. The Balaban J connectivity index is 3.67. The van der Waals surface area contributed by atoms with E-state index < -0.39 is 28.1 Å². The van der Waals surface area contributed by atoms with Gasteiger partial charge < -0.3 is 5.73 Å². The van der Waals surface area contributed by atoms with Gasteiger partial charge in [0.25, 0.3) is 0 Å². The first-order valence-corrected chi connectivity index (χ1v) is 5.53. The zero-order chi connectivity index (χ0) is 14.3. The summed E-state index contributed by atoms with van der Waals surface area (Å²) in [5.41, 5.74) is 3.28. The molecule has 6 heteroatoms. The number of carbonyl (C=O) groups is 1. The van der Waals surface area contributed by atoms with Crippen molar-refractivity contribution < 1.29 is 18.0 Å². The van der Waals surface area contributed by atoms with Crippen LogP contribution >= 0.6 is 11.6 Å². The molecule has 0 spiro atoms. The van der Waals surface area contributed by atoms with Crippen LogP contribution in [0.3, 0.4) is 0 Å². The second-order valence-corrected chi connectivity index (χ2v) is 5.40. The van der Waals surface area contributed by atoms with Gasteiger partial charge in [-0.3, -0.25) is 4.79 Å². The third kappa shape index (κ3) is 2.96. The number of carbonyl (C=O) groups excluding carboxylic acids is 1. The zero-order valence-corrected chi connectivity index (χ0v) is 10.9. The maximum atomic E-state index is 13.0. The highest BCUT2D eigenvalue weighted by molar-refractivity contribution is 6.32. The minimum absolute atomic E-state index is 0.0297. The molecule has 2 nitrogen and oxygen atoms in total. The highest BCUT2D eigenvalue weighted by atomic mass is 35.5. The number of halogens is 4. The van der Waals surface area contributed by atoms with E-state index in [0.29, 0.717) is 0 Å². The van der Waals surface area contributed by atoms with Crippen molar-refractivity contribution in [3.63, 3.8) is 0 Å². The Morgan fingerprint density at radius 1 is 1.22 bits per heavy atom. The van der Waals surface area contributed by atoms with E-state index in [-0.39, 0.29) is 11.1 Å². The van der Waals surface area contributed by atoms with Gasteiger partial charge in [0.2, 0.25) is 5.91 Å². The SMILES string of the molecule is CC(C)(C)c1cc(C(N)=O)cc(Cl)c1C(F)(F)F. The molecule has 0 aliphatic rings. The highest BCUT2D eigenvalue weighted by Crippen LogP contribution is 2.42. The maximum Gasteiger partial charge on any atom is 0.418 e. The second kappa shape index (κ2) is 4.46. The van der Waals surface area contributed by atoms with E-state index in [0.717, 1.165) is 12.1 Å². The Kier molecular flexibility index (Phi) is 3.68. The first-order chi connectivity index (χ1) is 7.94. The highest BCUT2D eigenvalue weighted by Gasteiger charge is 2.39. The van der Waals surface area contributed by atoms with Crippen molar-refractivity contribution in [2.75, 3.05) is 0 Å². The van der Waals surface area contributed by atoms with E-state index in [4.69, 9.17) is 17.3 Å². The van der Waals surface area contributed by atoms with Gasteiger partial charge in [-0.2, -0.15) is 13.2 Å². The maximum absolute atomic E-state index is 13.0. The second-order valence-electron chi connectivity index (χ2n) is 4.99. The Hall–Kier alpha value is -1.23. The molecule has 0 saturated heterocycles. The zero-order valence-electron chi connectivity index (χ0n) is 10.2. The molecule has 1 aromatic rings. The van der Waals surface area contributed by atoms with Crippen LogP contribution in [0.25, 0.3) is 0 Å². The summed E-state index contributed by atoms with van der Waals surface area (Å²) in [5.74, 6) is -0.809. The summed E-state index contributed by atoms with van der Waals surface area (Å²) in [6, 6.07) is 2.10. The van der Waals surface area contributed by atoms with Crippen LogP contribution < -0.4 is 5.73 Å². The summed E-state index contributed by atoms with van der Waals surface area (Å²) in [4.78, 5) is 11.1. The van der Waals surface area contributed by atoms with Crippen LogP contribution in [0.1, 0.15) is 42.3 Å². The van der Waals surface area contributed by atoms with E-state index in [2.05, 4.69) is 0 Å². The van der Waals surface area contributed by atoms with Crippen molar-refractivity contribution in [2.45, 2.75) is 32.4 Å². The van der Waals surface area contributed by atoms with Crippen molar-refractivity contribution in [3.05, 3.63) is 33.8 Å². The molecule has 0 aliphatic heterocycles. The van der Waals surface area contributed by atoms with Gasteiger partial charge in [0.05, 0.1) is 10.6 Å². The number of benzene rings is 1. The molecule has 2 N–H and O–H groups in total. The van der Waals surface area contributed by atoms with Crippen LogP contribution in [-0.4, -0.2) is 5.91 Å². The van der Waals surface area contributed by atoms with Crippen molar-refractivity contribution in [1.29, 1.82) is 0 Å². The van der Waals surface area contributed by atoms with Crippen LogP contribution in [-0.2, 0) is 11.6 Å². The molecule has 0 radical (unpaired) electrons. The number of nitrogens with two attached hydrogens (primary N) is 1. The first kappa shape index (κ1) is 14.8. The molecule has 1 aromatic carbocycles. The normalized spacial score (nSPS) is 12.6. The number of amides is 1. The van der Waals surface area contributed by atoms with Crippen LogP contribution in [0.5, 0.6) is 0 Å². The molecule has 1 rings (SSSR count). The summed E-state index contributed by atoms with van der Waals surface area (Å²) in [6.07, 6.45) is -4.57. The lowest BCUT2D eigenvalue weighted by Gasteiger charge is -2.25. The average molecular weight is 280 g/mol. The quantitative estimate of drug-likeness (QED) is 0.836. The third-order valence-electron chi connectivity index (χ3n) is 2.47. The van der Waals surface area contributed by atoms with Crippen LogP contribution in [0, 0.1) is 0 Å². The number of rotatable bonds is 1. The number of hydrogen-bond acceptors (Lipinski definition) is 1. The van der Waals surface area contributed by atoms with Crippen LogP contribution in [0.15, 0.2) is 12.1 Å². The molecular weight excluding hydrogens is 267 g/mol. The summed E-state index contributed by atoms with van der Waals surface area (Å²) < 4.78 is 38.9. The summed E-state index contributed by atoms with van der Waals surface area (Å²) >= 11 is 5.64. The number of alkyl halides is 3. The molecule has 0 heterocycles. The standard InChI is InChI=1S/C12H13ClF3NO/c1-11(2,3)7-4-6(10(17)18)5-8(13)9(7)12(14,15)16/h4-5H,1-3H3,(H2,17,18). The fraction of sp³-hybridized carbons (Fsp3) is 0.417. The van der Waals surface area contributed by atoms with Gasteiger partial charge in [-0.05, 0) is 23.1 Å². The summed E-state index contributed by atoms with van der Waals surface area (Å²) in [5, 5.41) is -0.510. The van der Waals surface area contributed by atoms with Gasteiger partial charge in [-0.25, -0.2) is 0 Å². The van der Waals surface area contributed by atoms with Crippen LogP contribution in [0.2, 0.25) is 5.02 Å². The molecule has 0 aromatic heterocycles. The van der Waals surface area contributed by atoms with E-state index in [1.165, 1.54) is 0 Å². The molecule has 0 bridgehead atoms. The lowest BCUT2D eigenvalue weighted by molar-refractivity contribution is -0.138. The van der Waals surface area contributed by atoms with Crippen molar-refractivity contribution in [3.8, 4) is 0 Å². The lowest BCUT2D eigenvalue weighted by Crippen LogP contribution is -2.22. The van der Waals surface area contributed by atoms with Crippen molar-refractivity contribution in [2.24, 2.45) is 5.73 Å². The molecule has 0 saturated carbocycles. The Morgan fingerprint density at radius 2 is 1.72 bits per heavy atom. The molecule has 100 valence electrons. The van der Waals surface area contributed by atoms with E-state index in [9.17, 15) is 18.0 Å². The fourth-order valence-electron chi connectivity index (χ4n) is 1.63. The van der Waals surface area contributed by atoms with Gasteiger partial charge in [0, 0.05) is 5.56 Å². The summed E-state index contributed by atoms with van der Waals surface area (Å²) in [6.45, 7) is 4.83. The Morgan fingerprint density at radius 3 is 2.06 bits per heavy atom. The molecule has 0 unspecified atom stereocenters. The van der Waals surface area contributed by atoms with E-state index in [1.807, 2.05) is 0 Å². The minimum atomic E-state index is -4.57.